The molecule has 0 N–H and O–H groups in total. The molecule has 0 bridgehead atoms. The first-order valence-electron chi connectivity index (χ1n) is 9.90. The topological polar surface area (TPSA) is 26.5 Å². The van der Waals surface area contributed by atoms with Crippen molar-refractivity contribution >= 4 is 41.0 Å². The molecule has 0 fully saturated rings. The molecule has 2 rings (SSSR count). The second-order valence-corrected chi connectivity index (χ2v) is 13.2. The van der Waals surface area contributed by atoms with Gasteiger partial charge < -0.3 is 0 Å². The van der Waals surface area contributed by atoms with E-state index in [1.54, 1.807) is 10.8 Å². The molecule has 0 aliphatic carbocycles. The van der Waals surface area contributed by atoms with Gasteiger partial charge in [-0.2, -0.15) is 0 Å². The molecule has 0 unspecified atom stereocenters. The van der Waals surface area contributed by atoms with Gasteiger partial charge >= 0.3 is 168 Å². The van der Waals surface area contributed by atoms with E-state index in [9.17, 15) is 0 Å². The molecule has 3 nitrogen and oxygen atoms in total. The van der Waals surface area contributed by atoms with Crippen molar-refractivity contribution in [2.24, 2.45) is 0 Å². The quantitative estimate of drug-likeness (QED) is 0.357. The summed E-state index contributed by atoms with van der Waals surface area (Å²) in [7, 11) is 1.75. The number of unbranched alkanes of at least 4 members (excludes halogenated alkanes) is 3. The Kier molecular flexibility index (Phi) is 9.28. The zero-order valence-corrected chi connectivity index (χ0v) is 20.1. The minimum atomic E-state index is -0.699. The van der Waals surface area contributed by atoms with Gasteiger partial charge in [0.25, 0.3) is 0 Å². The van der Waals surface area contributed by atoms with Crippen LogP contribution in [-0.4, -0.2) is 37.6 Å². The maximum absolute atomic E-state index is 5.31. The van der Waals surface area contributed by atoms with E-state index in [1.165, 1.54) is 62.6 Å². The van der Waals surface area contributed by atoms with Gasteiger partial charge in [-0.3, -0.25) is 0 Å². The molecular weight excluding hydrogens is 435 g/mol. The predicted molar refractivity (Wildman–Crippen MR) is 110 cm³/mol. The van der Waals surface area contributed by atoms with Crippen LogP contribution in [0.4, 0.5) is 0 Å². The van der Waals surface area contributed by atoms with Gasteiger partial charge in [0.2, 0.25) is 0 Å². The van der Waals surface area contributed by atoms with E-state index in [1.807, 2.05) is 17.7 Å². The van der Waals surface area contributed by atoms with Gasteiger partial charge in [-0.25, -0.2) is 0 Å². The van der Waals surface area contributed by atoms with Gasteiger partial charge in [-0.15, -0.1) is 0 Å². The van der Waals surface area contributed by atoms with E-state index in [4.69, 9.17) is 4.74 Å². The van der Waals surface area contributed by atoms with Gasteiger partial charge in [0, 0.05) is 0 Å². The zero-order chi connectivity index (χ0) is 18.1. The Labute approximate surface area is 167 Å². The van der Waals surface area contributed by atoms with Gasteiger partial charge in [0.15, 0.2) is 0 Å². The molecule has 2 radical (unpaired) electrons. The summed E-state index contributed by atoms with van der Waals surface area (Å²) < 4.78 is 9.94. The van der Waals surface area contributed by atoms with E-state index in [0.717, 1.165) is 5.69 Å². The first kappa shape index (κ1) is 21.2. The van der Waals surface area contributed by atoms with E-state index in [0.29, 0.717) is 10.0 Å². The summed E-state index contributed by atoms with van der Waals surface area (Å²) in [5.74, 6) is 0. The van der Waals surface area contributed by atoms with Crippen LogP contribution in [-0.2, 0) is 11.3 Å². The van der Waals surface area contributed by atoms with E-state index >= 15 is 0 Å². The van der Waals surface area contributed by atoms with Crippen molar-refractivity contribution in [3.63, 3.8) is 0 Å². The maximum atomic E-state index is 5.31. The number of aromatic nitrogens is 2. The Morgan fingerprint density at radius 2 is 1.68 bits per heavy atom. The summed E-state index contributed by atoms with van der Waals surface area (Å²) in [6.45, 7) is 7.63. The van der Waals surface area contributed by atoms with E-state index < -0.39 is 21.1 Å². The molecule has 0 atom stereocenters. The first-order chi connectivity index (χ1) is 12.2. The summed E-state index contributed by atoms with van der Waals surface area (Å²) in [4.78, 5) is 5.90. The molecule has 5 heteroatoms. The van der Waals surface area contributed by atoms with Crippen molar-refractivity contribution in [2.75, 3.05) is 7.11 Å². The third-order valence-corrected chi connectivity index (χ3v) is 12.1. The Morgan fingerprint density at radius 3 is 2.20 bits per heavy atom. The summed E-state index contributed by atoms with van der Waals surface area (Å²) in [5.41, 5.74) is 1.10. The van der Waals surface area contributed by atoms with Crippen molar-refractivity contribution in [2.45, 2.75) is 88.6 Å². The molecule has 0 saturated carbocycles. The average molecular weight is 469 g/mol. The summed E-state index contributed by atoms with van der Waals surface area (Å²) in [6.07, 6.45) is 14.5. The third-order valence-electron chi connectivity index (χ3n) is 5.04. The number of fused-ring (bicyclic) bond motifs is 1. The first-order valence-corrected chi connectivity index (χ1v) is 13.6. The molecule has 0 spiro atoms. The number of hydrogen-bond acceptors (Lipinski definition) is 3. The van der Waals surface area contributed by atoms with Gasteiger partial charge in [0.05, 0.1) is 0 Å². The molecular formula is C20H34N2OSSn. The third kappa shape index (κ3) is 5.70. The van der Waals surface area contributed by atoms with Crippen molar-refractivity contribution < 1.29 is 4.74 Å². The normalized spacial score (nSPS) is 12.3. The standard InChI is InChI=1S/C13H27.C7H7N2OS.Sn/c1-4-7-10-13(11-8-5-2)12-9-6-3;1-10-4-6-7-9(5-8-6)2-3-11-7;/h4-12H2,1-3H3;3,5H,4H2,1H3;. The number of nitrogens with zero attached hydrogens (tertiary/aromatic N) is 2. The van der Waals surface area contributed by atoms with Crippen LogP contribution in [0, 0.1) is 0 Å². The fourth-order valence-electron chi connectivity index (χ4n) is 3.54. The zero-order valence-electron chi connectivity index (χ0n) is 16.4. The van der Waals surface area contributed by atoms with Gasteiger partial charge in [-0.1, -0.05) is 0 Å². The number of ether oxygens (including phenoxy) is 1. The van der Waals surface area contributed by atoms with Gasteiger partial charge in [-0.05, 0) is 0 Å². The van der Waals surface area contributed by atoms with Crippen LogP contribution in [0.15, 0.2) is 11.7 Å². The minimum absolute atomic E-state index is 0.619. The van der Waals surface area contributed by atoms with Crippen molar-refractivity contribution in [1.82, 2.24) is 9.38 Å². The SMILES string of the molecule is CCCC[C](CCCC)(CCCC)[Sn][c]1csc2c(COC)ncn12. The van der Waals surface area contributed by atoms with Crippen LogP contribution in [0.1, 0.15) is 84.3 Å². The molecule has 0 aliphatic heterocycles. The summed E-state index contributed by atoms with van der Waals surface area (Å²) in [6, 6.07) is 0. The molecule has 0 aliphatic rings. The Balaban J connectivity index is 2.26. The Morgan fingerprint density at radius 1 is 1.08 bits per heavy atom. The summed E-state index contributed by atoms with van der Waals surface area (Å²) in [5, 5.41) is 2.43. The van der Waals surface area contributed by atoms with E-state index in [2.05, 4.69) is 35.5 Å². The molecule has 2 aromatic heterocycles. The number of thiazole rings is 1. The molecule has 25 heavy (non-hydrogen) atoms. The van der Waals surface area contributed by atoms with Crippen LogP contribution in [0.5, 0.6) is 0 Å². The second kappa shape index (κ2) is 10.9. The van der Waals surface area contributed by atoms with Crippen molar-refractivity contribution in [3.8, 4) is 0 Å². The molecule has 140 valence electrons. The second-order valence-electron chi connectivity index (χ2n) is 7.14. The number of methoxy groups -OCH3 is 1. The average Bonchev–Trinajstić information content (AvgIpc) is 3.20. The van der Waals surface area contributed by atoms with Crippen LogP contribution >= 0.6 is 11.3 Å². The van der Waals surface area contributed by atoms with Crippen molar-refractivity contribution in [1.29, 1.82) is 0 Å². The molecule has 0 saturated heterocycles. The van der Waals surface area contributed by atoms with Gasteiger partial charge in [0.1, 0.15) is 0 Å². The Hall–Kier alpha value is -0.0713. The van der Waals surface area contributed by atoms with Crippen LogP contribution in [0.2, 0.25) is 3.43 Å². The summed E-state index contributed by atoms with van der Waals surface area (Å²) >= 11 is 1.16. The number of hydrogen-bond donors (Lipinski definition) is 0. The molecule has 0 amide bonds. The number of rotatable bonds is 13. The molecule has 0 aromatic carbocycles. The van der Waals surface area contributed by atoms with Crippen LogP contribution in [0.25, 0.3) is 4.83 Å². The van der Waals surface area contributed by atoms with Crippen LogP contribution in [0.3, 0.4) is 0 Å². The monoisotopic (exact) mass is 470 g/mol. The van der Waals surface area contributed by atoms with Crippen LogP contribution < -0.4 is 3.71 Å². The fourth-order valence-corrected chi connectivity index (χ4v) is 10.6. The molecule has 2 heterocycles. The Bertz CT molecular complexity index is 600. The number of imidazole rings is 1. The van der Waals surface area contributed by atoms with E-state index in [-0.39, 0.29) is 0 Å². The van der Waals surface area contributed by atoms with Crippen molar-refractivity contribution in [3.05, 3.63) is 17.4 Å². The fraction of sp³-hybridized carbons (Fsp3) is 0.750. The molecule has 2 aromatic rings. The predicted octanol–water partition coefficient (Wildman–Crippen LogP) is 5.60.